The average Bonchev–Trinajstić information content (AvgIpc) is 2.39. The fraction of sp³-hybridized carbons (Fsp3) is 0.0833. The second kappa shape index (κ2) is 4.79. The van der Waals surface area contributed by atoms with E-state index in [0.29, 0.717) is 17.0 Å². The van der Waals surface area contributed by atoms with E-state index in [1.807, 2.05) is 0 Å². The molecule has 2 N–H and O–H groups in total. The van der Waals surface area contributed by atoms with Crippen molar-refractivity contribution < 1.29 is 13.9 Å². The highest BCUT2D eigenvalue weighted by Crippen LogP contribution is 2.28. The number of benzene rings is 1. The minimum absolute atomic E-state index is 0.0128. The van der Waals surface area contributed by atoms with Crippen LogP contribution in [-0.2, 0) is 0 Å². The van der Waals surface area contributed by atoms with Crippen molar-refractivity contribution in [2.45, 2.75) is 0 Å². The van der Waals surface area contributed by atoms with Crippen molar-refractivity contribution in [2.75, 3.05) is 7.11 Å². The van der Waals surface area contributed by atoms with Crippen molar-refractivity contribution in [1.29, 1.82) is 0 Å². The van der Waals surface area contributed by atoms with Crippen LogP contribution in [0.5, 0.6) is 5.75 Å². The molecule has 2 rings (SSSR count). The molecule has 18 heavy (non-hydrogen) atoms. The van der Waals surface area contributed by atoms with Gasteiger partial charge in [-0.25, -0.2) is 9.37 Å². The van der Waals surface area contributed by atoms with Gasteiger partial charge in [0.1, 0.15) is 17.3 Å². The van der Waals surface area contributed by atoms with Crippen molar-refractivity contribution in [1.82, 2.24) is 9.97 Å². The number of hydrogen-bond acceptors (Lipinski definition) is 4. The molecule has 0 radical (unpaired) electrons. The van der Waals surface area contributed by atoms with Gasteiger partial charge >= 0.3 is 0 Å². The Balaban J connectivity index is 2.57. The molecule has 1 heterocycles. The van der Waals surface area contributed by atoms with Crippen LogP contribution in [0.25, 0.3) is 11.3 Å². The summed E-state index contributed by atoms with van der Waals surface area (Å²) in [7, 11) is 1.46. The Morgan fingerprint density at radius 2 is 2.17 bits per heavy atom. The van der Waals surface area contributed by atoms with Crippen molar-refractivity contribution in [3.8, 4) is 17.0 Å². The maximum atomic E-state index is 13.2. The van der Waals surface area contributed by atoms with E-state index in [1.54, 1.807) is 0 Å². The standard InChI is InChI=1S/C12H10FN3O2/c1-18-11-3-2-7(13)4-8(11)9-5-15-6-10(16-9)12(14)17/h2-6H,1H3,(H2,14,17). The molecule has 0 atom stereocenters. The zero-order valence-electron chi connectivity index (χ0n) is 9.55. The van der Waals surface area contributed by atoms with Gasteiger partial charge in [0.2, 0.25) is 0 Å². The fourth-order valence-corrected chi connectivity index (χ4v) is 1.49. The molecule has 0 unspecified atom stereocenters. The number of ether oxygens (including phenoxy) is 1. The first-order chi connectivity index (χ1) is 8.61. The van der Waals surface area contributed by atoms with Crippen LogP contribution >= 0.6 is 0 Å². The first-order valence-corrected chi connectivity index (χ1v) is 5.07. The summed E-state index contributed by atoms with van der Waals surface area (Å²) < 4.78 is 18.3. The molecule has 0 spiro atoms. The maximum absolute atomic E-state index is 13.2. The van der Waals surface area contributed by atoms with Crippen LogP contribution in [0.1, 0.15) is 10.5 Å². The number of primary amides is 1. The Kier molecular flexibility index (Phi) is 3.18. The monoisotopic (exact) mass is 247 g/mol. The van der Waals surface area contributed by atoms with Gasteiger partial charge < -0.3 is 10.5 Å². The average molecular weight is 247 g/mol. The van der Waals surface area contributed by atoms with Gasteiger partial charge in [0.25, 0.3) is 5.91 Å². The molecule has 1 aromatic heterocycles. The third-order valence-corrected chi connectivity index (χ3v) is 2.32. The maximum Gasteiger partial charge on any atom is 0.268 e. The zero-order valence-corrected chi connectivity index (χ0v) is 9.55. The normalized spacial score (nSPS) is 10.1. The van der Waals surface area contributed by atoms with Crippen LogP contribution in [0.3, 0.4) is 0 Å². The van der Waals surface area contributed by atoms with Crippen LogP contribution in [0.4, 0.5) is 4.39 Å². The van der Waals surface area contributed by atoms with Gasteiger partial charge in [-0.05, 0) is 18.2 Å². The number of amides is 1. The molecule has 92 valence electrons. The molecule has 2 aromatic rings. The number of hydrogen-bond donors (Lipinski definition) is 1. The Morgan fingerprint density at radius 1 is 1.39 bits per heavy atom. The van der Waals surface area contributed by atoms with Crippen LogP contribution in [0.15, 0.2) is 30.6 Å². The number of halogens is 1. The number of rotatable bonds is 3. The topological polar surface area (TPSA) is 78.1 Å². The second-order valence-electron chi connectivity index (χ2n) is 3.50. The van der Waals surface area contributed by atoms with Crippen molar-refractivity contribution >= 4 is 5.91 Å². The van der Waals surface area contributed by atoms with E-state index in [9.17, 15) is 9.18 Å². The summed E-state index contributed by atoms with van der Waals surface area (Å²) in [5.41, 5.74) is 5.86. The van der Waals surface area contributed by atoms with Gasteiger partial charge in [0.15, 0.2) is 0 Å². The highest BCUT2D eigenvalue weighted by atomic mass is 19.1. The van der Waals surface area contributed by atoms with Crippen LogP contribution in [0, 0.1) is 5.82 Å². The molecule has 0 fully saturated rings. The Morgan fingerprint density at radius 3 is 2.83 bits per heavy atom. The first-order valence-electron chi connectivity index (χ1n) is 5.07. The van der Waals surface area contributed by atoms with Gasteiger partial charge in [0, 0.05) is 5.56 Å². The van der Waals surface area contributed by atoms with E-state index in [0.717, 1.165) is 0 Å². The Bertz CT molecular complexity index is 602. The number of carbonyl (C=O) groups excluding carboxylic acids is 1. The highest BCUT2D eigenvalue weighted by molar-refractivity contribution is 5.91. The number of nitrogens with two attached hydrogens (primary N) is 1. The minimum Gasteiger partial charge on any atom is -0.496 e. The largest absolute Gasteiger partial charge is 0.496 e. The minimum atomic E-state index is -0.695. The number of carbonyl (C=O) groups is 1. The summed E-state index contributed by atoms with van der Waals surface area (Å²) in [6.45, 7) is 0. The molecule has 6 heteroatoms. The summed E-state index contributed by atoms with van der Waals surface area (Å²) in [6, 6.07) is 4.00. The number of methoxy groups -OCH3 is 1. The SMILES string of the molecule is COc1ccc(F)cc1-c1cncc(C(N)=O)n1. The smallest absolute Gasteiger partial charge is 0.268 e. The molecule has 0 aliphatic carbocycles. The van der Waals surface area contributed by atoms with Gasteiger partial charge in [-0.1, -0.05) is 0 Å². The van der Waals surface area contributed by atoms with Gasteiger partial charge in [-0.15, -0.1) is 0 Å². The quantitative estimate of drug-likeness (QED) is 0.889. The predicted molar refractivity (Wildman–Crippen MR) is 62.5 cm³/mol. The molecular weight excluding hydrogens is 237 g/mol. The molecule has 0 saturated carbocycles. The Labute approximate surface area is 102 Å². The van der Waals surface area contributed by atoms with E-state index < -0.39 is 11.7 Å². The summed E-state index contributed by atoms with van der Waals surface area (Å²) in [6.07, 6.45) is 2.65. The predicted octanol–water partition coefficient (Wildman–Crippen LogP) is 1.39. The van der Waals surface area contributed by atoms with Crippen LogP contribution in [0.2, 0.25) is 0 Å². The third kappa shape index (κ3) is 2.27. The molecule has 5 nitrogen and oxygen atoms in total. The van der Waals surface area contributed by atoms with E-state index >= 15 is 0 Å². The van der Waals surface area contributed by atoms with Crippen molar-refractivity contribution in [3.63, 3.8) is 0 Å². The van der Waals surface area contributed by atoms with E-state index in [-0.39, 0.29) is 5.69 Å². The first kappa shape index (κ1) is 12.0. The lowest BCUT2D eigenvalue weighted by molar-refractivity contribution is 0.0995. The number of aromatic nitrogens is 2. The van der Waals surface area contributed by atoms with Crippen LogP contribution < -0.4 is 10.5 Å². The fourth-order valence-electron chi connectivity index (χ4n) is 1.49. The third-order valence-electron chi connectivity index (χ3n) is 2.32. The molecule has 1 amide bonds. The van der Waals surface area contributed by atoms with Gasteiger partial charge in [-0.3, -0.25) is 9.78 Å². The molecular formula is C12H10FN3O2. The van der Waals surface area contributed by atoms with Gasteiger partial charge in [0.05, 0.1) is 25.2 Å². The molecule has 0 bridgehead atoms. The molecule has 0 saturated heterocycles. The second-order valence-corrected chi connectivity index (χ2v) is 3.50. The van der Waals surface area contributed by atoms with E-state index in [1.165, 1.54) is 37.7 Å². The summed E-state index contributed by atoms with van der Waals surface area (Å²) in [5, 5.41) is 0. The van der Waals surface area contributed by atoms with Crippen LogP contribution in [-0.4, -0.2) is 23.0 Å². The lowest BCUT2D eigenvalue weighted by Crippen LogP contribution is -2.13. The highest BCUT2D eigenvalue weighted by Gasteiger charge is 2.11. The van der Waals surface area contributed by atoms with Crippen molar-refractivity contribution in [2.24, 2.45) is 5.73 Å². The molecule has 1 aromatic carbocycles. The Hall–Kier alpha value is -2.50. The lowest BCUT2D eigenvalue weighted by Gasteiger charge is -2.08. The summed E-state index contributed by atoms with van der Waals surface area (Å²) >= 11 is 0. The summed E-state index contributed by atoms with van der Waals surface area (Å²) in [4.78, 5) is 18.9. The summed E-state index contributed by atoms with van der Waals surface area (Å²) in [5.74, 6) is -0.691. The van der Waals surface area contributed by atoms with E-state index in [2.05, 4.69) is 9.97 Å². The van der Waals surface area contributed by atoms with Crippen molar-refractivity contribution in [3.05, 3.63) is 42.1 Å². The molecule has 0 aliphatic rings. The van der Waals surface area contributed by atoms with E-state index in [4.69, 9.17) is 10.5 Å². The lowest BCUT2D eigenvalue weighted by atomic mass is 10.1. The zero-order chi connectivity index (χ0) is 13.1. The molecule has 0 aliphatic heterocycles. The number of nitrogens with zero attached hydrogens (tertiary/aromatic N) is 2. The van der Waals surface area contributed by atoms with Gasteiger partial charge in [-0.2, -0.15) is 0 Å².